The maximum atomic E-state index is 13.2. The van der Waals surface area contributed by atoms with Gasteiger partial charge < -0.3 is 16.0 Å². The lowest BCUT2D eigenvalue weighted by atomic mass is 9.92. The van der Waals surface area contributed by atoms with Gasteiger partial charge in [0.05, 0.1) is 11.6 Å². The molecule has 1 aliphatic rings. The molecule has 1 atom stereocenters. The number of aryl methyl sites for hydroxylation is 2. The highest BCUT2D eigenvalue weighted by molar-refractivity contribution is 7.80. The number of rotatable bonds is 4. The minimum absolute atomic E-state index is 0.134. The fraction of sp³-hybridized carbons (Fsp3) is 0.304. The van der Waals surface area contributed by atoms with Crippen LogP contribution in [0.3, 0.4) is 0 Å². The number of hydrogen-bond donors (Lipinski definition) is 3. The van der Waals surface area contributed by atoms with Gasteiger partial charge in [0.1, 0.15) is 0 Å². The zero-order valence-electron chi connectivity index (χ0n) is 17.0. The van der Waals surface area contributed by atoms with Crippen molar-refractivity contribution in [3.8, 4) is 0 Å². The van der Waals surface area contributed by atoms with Crippen LogP contribution in [0.2, 0.25) is 0 Å². The Morgan fingerprint density at radius 2 is 1.75 bits per heavy atom. The predicted octanol–water partition coefficient (Wildman–Crippen LogP) is 4.86. The standard InChI is InChI=1S/C23H27N3OS/c1-13(2)17-7-9-18(10-8-17)21-20(16(5)24-23(28)26-21)22(27)25-19-11-6-14(3)12-15(19)4/h6-13,21H,1-5H3,(H,25,27)(H2,24,26,28)/t21-/m1/s1. The van der Waals surface area contributed by atoms with E-state index in [-0.39, 0.29) is 11.9 Å². The third kappa shape index (κ3) is 4.25. The van der Waals surface area contributed by atoms with E-state index in [9.17, 15) is 4.79 Å². The molecule has 4 nitrogen and oxygen atoms in total. The molecule has 0 saturated heterocycles. The van der Waals surface area contributed by atoms with Crippen LogP contribution >= 0.6 is 12.2 Å². The molecule has 0 aliphatic carbocycles. The highest BCUT2D eigenvalue weighted by Gasteiger charge is 2.30. The summed E-state index contributed by atoms with van der Waals surface area (Å²) in [4.78, 5) is 13.2. The summed E-state index contributed by atoms with van der Waals surface area (Å²) in [6, 6.07) is 14.1. The van der Waals surface area contributed by atoms with Crippen LogP contribution in [0.25, 0.3) is 0 Å². The zero-order valence-corrected chi connectivity index (χ0v) is 17.8. The Labute approximate surface area is 172 Å². The monoisotopic (exact) mass is 393 g/mol. The van der Waals surface area contributed by atoms with Crippen LogP contribution in [0.4, 0.5) is 5.69 Å². The average Bonchev–Trinajstić information content (AvgIpc) is 2.63. The third-order valence-corrected chi connectivity index (χ3v) is 5.30. The second kappa shape index (κ2) is 8.15. The number of hydrogen-bond acceptors (Lipinski definition) is 2. The van der Waals surface area contributed by atoms with E-state index in [1.165, 1.54) is 11.1 Å². The van der Waals surface area contributed by atoms with E-state index in [0.29, 0.717) is 16.6 Å². The number of benzene rings is 2. The molecule has 0 bridgehead atoms. The molecule has 1 amide bonds. The summed E-state index contributed by atoms with van der Waals surface area (Å²) in [7, 11) is 0. The molecule has 0 saturated carbocycles. The summed E-state index contributed by atoms with van der Waals surface area (Å²) in [6.07, 6.45) is 0. The normalized spacial score (nSPS) is 16.6. The number of amides is 1. The number of carbonyl (C=O) groups excluding carboxylic acids is 1. The van der Waals surface area contributed by atoms with E-state index in [1.807, 2.05) is 32.9 Å². The average molecular weight is 394 g/mol. The van der Waals surface area contributed by atoms with E-state index < -0.39 is 0 Å². The Morgan fingerprint density at radius 3 is 2.36 bits per heavy atom. The summed E-state index contributed by atoms with van der Waals surface area (Å²) in [5.74, 6) is 0.325. The van der Waals surface area contributed by atoms with Gasteiger partial charge in [-0.3, -0.25) is 4.79 Å². The summed E-state index contributed by atoms with van der Waals surface area (Å²) in [5.41, 5.74) is 6.71. The Hall–Kier alpha value is -2.66. The van der Waals surface area contributed by atoms with Gasteiger partial charge in [-0.15, -0.1) is 0 Å². The van der Waals surface area contributed by atoms with Gasteiger partial charge in [0, 0.05) is 11.4 Å². The van der Waals surface area contributed by atoms with E-state index in [1.54, 1.807) is 0 Å². The second-order valence-electron chi connectivity index (χ2n) is 7.66. The van der Waals surface area contributed by atoms with Crippen molar-refractivity contribution in [1.29, 1.82) is 0 Å². The van der Waals surface area contributed by atoms with Crippen LogP contribution in [-0.4, -0.2) is 11.0 Å². The van der Waals surface area contributed by atoms with Crippen LogP contribution in [-0.2, 0) is 4.79 Å². The van der Waals surface area contributed by atoms with Crippen LogP contribution < -0.4 is 16.0 Å². The molecule has 1 heterocycles. The number of anilines is 1. The van der Waals surface area contributed by atoms with Crippen LogP contribution in [0.15, 0.2) is 53.7 Å². The molecule has 0 spiro atoms. The lowest BCUT2D eigenvalue weighted by Gasteiger charge is -2.30. The van der Waals surface area contributed by atoms with E-state index in [0.717, 1.165) is 22.5 Å². The maximum Gasteiger partial charge on any atom is 0.255 e. The predicted molar refractivity (Wildman–Crippen MR) is 119 cm³/mol. The summed E-state index contributed by atoms with van der Waals surface area (Å²) in [6.45, 7) is 10.3. The number of thiocarbonyl (C=S) groups is 1. The first kappa shape index (κ1) is 20.1. The molecule has 2 aromatic carbocycles. The molecule has 0 unspecified atom stereocenters. The lowest BCUT2D eigenvalue weighted by molar-refractivity contribution is -0.113. The van der Waals surface area contributed by atoms with E-state index >= 15 is 0 Å². The van der Waals surface area contributed by atoms with Crippen molar-refractivity contribution in [1.82, 2.24) is 10.6 Å². The highest BCUT2D eigenvalue weighted by Crippen LogP contribution is 2.29. The van der Waals surface area contributed by atoms with Gasteiger partial charge in [-0.2, -0.15) is 0 Å². The molecule has 5 heteroatoms. The first-order valence-electron chi connectivity index (χ1n) is 9.53. The SMILES string of the molecule is CC1=C(C(=O)Nc2ccc(C)cc2C)[C@@H](c2ccc(C(C)C)cc2)NC(=S)N1. The summed E-state index contributed by atoms with van der Waals surface area (Å²) < 4.78 is 0. The van der Waals surface area contributed by atoms with Crippen molar-refractivity contribution in [2.75, 3.05) is 5.32 Å². The van der Waals surface area contributed by atoms with E-state index in [2.05, 4.69) is 60.1 Å². The molecule has 2 aromatic rings. The highest BCUT2D eigenvalue weighted by atomic mass is 32.1. The van der Waals surface area contributed by atoms with Gasteiger partial charge in [0.15, 0.2) is 5.11 Å². The summed E-state index contributed by atoms with van der Waals surface area (Å²) in [5, 5.41) is 9.93. The van der Waals surface area contributed by atoms with Crippen molar-refractivity contribution in [2.24, 2.45) is 0 Å². The molecule has 0 radical (unpaired) electrons. The molecular formula is C23H27N3OS. The Balaban J connectivity index is 1.93. The quantitative estimate of drug-likeness (QED) is 0.650. The number of allylic oxidation sites excluding steroid dienone is 1. The fourth-order valence-corrected chi connectivity index (χ4v) is 3.73. The molecule has 0 aromatic heterocycles. The minimum Gasteiger partial charge on any atom is -0.351 e. The molecule has 1 aliphatic heterocycles. The van der Waals surface area contributed by atoms with Gasteiger partial charge in [-0.05, 0) is 61.7 Å². The molecular weight excluding hydrogens is 366 g/mol. The molecule has 28 heavy (non-hydrogen) atoms. The molecule has 0 fully saturated rings. The van der Waals surface area contributed by atoms with Crippen LogP contribution in [0.1, 0.15) is 55.0 Å². The smallest absolute Gasteiger partial charge is 0.255 e. The first-order valence-corrected chi connectivity index (χ1v) is 9.94. The first-order chi connectivity index (χ1) is 13.3. The van der Waals surface area contributed by atoms with Crippen LogP contribution in [0.5, 0.6) is 0 Å². The fourth-order valence-electron chi connectivity index (χ4n) is 3.46. The third-order valence-electron chi connectivity index (χ3n) is 5.08. The van der Waals surface area contributed by atoms with Gasteiger partial charge >= 0.3 is 0 Å². The van der Waals surface area contributed by atoms with Gasteiger partial charge in [-0.25, -0.2) is 0 Å². The Bertz CT molecular complexity index is 945. The Kier molecular flexibility index (Phi) is 5.84. The molecule has 3 rings (SSSR count). The lowest BCUT2D eigenvalue weighted by Crippen LogP contribution is -2.45. The number of carbonyl (C=O) groups is 1. The minimum atomic E-state index is -0.291. The Morgan fingerprint density at radius 1 is 1.07 bits per heavy atom. The molecule has 3 N–H and O–H groups in total. The maximum absolute atomic E-state index is 13.2. The van der Waals surface area contributed by atoms with Gasteiger partial charge in [0.2, 0.25) is 0 Å². The topological polar surface area (TPSA) is 53.2 Å². The van der Waals surface area contributed by atoms with Gasteiger partial charge in [-0.1, -0.05) is 55.8 Å². The van der Waals surface area contributed by atoms with Crippen molar-refractivity contribution in [2.45, 2.75) is 46.6 Å². The number of nitrogens with one attached hydrogen (secondary N) is 3. The molecule has 146 valence electrons. The largest absolute Gasteiger partial charge is 0.351 e. The van der Waals surface area contributed by atoms with Gasteiger partial charge in [0.25, 0.3) is 5.91 Å². The second-order valence-corrected chi connectivity index (χ2v) is 8.07. The van der Waals surface area contributed by atoms with Crippen molar-refractivity contribution >= 4 is 28.9 Å². The van der Waals surface area contributed by atoms with Crippen molar-refractivity contribution < 1.29 is 4.79 Å². The summed E-state index contributed by atoms with van der Waals surface area (Å²) >= 11 is 5.34. The van der Waals surface area contributed by atoms with Crippen molar-refractivity contribution in [3.63, 3.8) is 0 Å². The zero-order chi connectivity index (χ0) is 20.4. The van der Waals surface area contributed by atoms with E-state index in [4.69, 9.17) is 12.2 Å². The van der Waals surface area contributed by atoms with Crippen molar-refractivity contribution in [3.05, 3.63) is 76.0 Å². The van der Waals surface area contributed by atoms with Crippen LogP contribution in [0, 0.1) is 13.8 Å².